The average molecular weight is 332 g/mol. The second-order valence-corrected chi connectivity index (χ2v) is 4.95. The Bertz CT molecular complexity index is 506. The quantitative estimate of drug-likeness (QED) is 0.563. The van der Waals surface area contributed by atoms with Crippen molar-refractivity contribution in [2.45, 2.75) is 38.1 Å². The summed E-state index contributed by atoms with van der Waals surface area (Å²) in [4.78, 5) is 22.2. The molecular formula is C15H19F3N2O3. The van der Waals surface area contributed by atoms with Gasteiger partial charge < -0.3 is 15.8 Å². The number of halogens is 3. The number of amides is 1. The van der Waals surface area contributed by atoms with Crippen molar-refractivity contribution >= 4 is 11.9 Å². The summed E-state index contributed by atoms with van der Waals surface area (Å²) in [5, 5.41) is 1.75. The SMILES string of the molecule is NC(CCCCNC(=O)C(F)(F)F)C(=O)OCc1ccccc1. The minimum atomic E-state index is -4.88. The molecule has 0 fully saturated rings. The van der Waals surface area contributed by atoms with Gasteiger partial charge in [-0.15, -0.1) is 0 Å². The molecule has 0 aliphatic carbocycles. The number of rotatable bonds is 8. The topological polar surface area (TPSA) is 81.4 Å². The molecule has 128 valence electrons. The van der Waals surface area contributed by atoms with Gasteiger partial charge in [-0.3, -0.25) is 9.59 Å². The molecule has 5 nitrogen and oxygen atoms in total. The van der Waals surface area contributed by atoms with Gasteiger partial charge in [0, 0.05) is 6.54 Å². The van der Waals surface area contributed by atoms with Crippen molar-refractivity contribution in [3.63, 3.8) is 0 Å². The highest BCUT2D eigenvalue weighted by Gasteiger charge is 2.38. The number of hydrogen-bond donors (Lipinski definition) is 2. The van der Waals surface area contributed by atoms with Crippen molar-refractivity contribution < 1.29 is 27.5 Å². The third-order valence-corrected chi connectivity index (χ3v) is 3.01. The van der Waals surface area contributed by atoms with Gasteiger partial charge in [-0.05, 0) is 24.8 Å². The van der Waals surface area contributed by atoms with Crippen LogP contribution >= 0.6 is 0 Å². The van der Waals surface area contributed by atoms with Crippen molar-refractivity contribution in [1.29, 1.82) is 0 Å². The van der Waals surface area contributed by atoms with E-state index in [9.17, 15) is 22.8 Å². The van der Waals surface area contributed by atoms with E-state index >= 15 is 0 Å². The molecule has 0 saturated heterocycles. The molecule has 1 aromatic carbocycles. The zero-order valence-corrected chi connectivity index (χ0v) is 12.4. The number of nitrogens with one attached hydrogen (secondary N) is 1. The standard InChI is InChI=1S/C15H19F3N2O3/c16-15(17,18)14(22)20-9-5-4-8-12(19)13(21)23-10-11-6-2-1-3-7-11/h1-3,6-7,12H,4-5,8-10,19H2,(H,20,22). The Morgan fingerprint density at radius 3 is 2.43 bits per heavy atom. The van der Waals surface area contributed by atoms with E-state index < -0.39 is 24.1 Å². The van der Waals surface area contributed by atoms with Crippen LogP contribution in [0.2, 0.25) is 0 Å². The number of ether oxygens (including phenoxy) is 1. The third-order valence-electron chi connectivity index (χ3n) is 3.01. The van der Waals surface area contributed by atoms with Gasteiger partial charge >= 0.3 is 18.1 Å². The van der Waals surface area contributed by atoms with E-state index in [1.165, 1.54) is 0 Å². The van der Waals surface area contributed by atoms with Crippen LogP contribution in [0, 0.1) is 0 Å². The van der Waals surface area contributed by atoms with Gasteiger partial charge in [0.15, 0.2) is 0 Å². The maximum absolute atomic E-state index is 11.9. The first-order valence-electron chi connectivity index (χ1n) is 7.12. The molecule has 1 amide bonds. The van der Waals surface area contributed by atoms with Crippen molar-refractivity contribution in [2.24, 2.45) is 5.73 Å². The summed E-state index contributed by atoms with van der Waals surface area (Å²) in [6.07, 6.45) is -3.91. The van der Waals surface area contributed by atoms with E-state index in [0.29, 0.717) is 12.8 Å². The lowest BCUT2D eigenvalue weighted by molar-refractivity contribution is -0.173. The van der Waals surface area contributed by atoms with Crippen LogP contribution in [0.1, 0.15) is 24.8 Å². The lowest BCUT2D eigenvalue weighted by Gasteiger charge is -2.12. The number of nitrogens with two attached hydrogens (primary N) is 1. The van der Waals surface area contributed by atoms with E-state index in [-0.39, 0.29) is 19.6 Å². The van der Waals surface area contributed by atoms with Gasteiger partial charge in [-0.2, -0.15) is 13.2 Å². The molecule has 0 aliphatic heterocycles. The molecule has 3 N–H and O–H groups in total. The Morgan fingerprint density at radius 1 is 1.17 bits per heavy atom. The molecule has 0 radical (unpaired) electrons. The maximum atomic E-state index is 11.9. The molecule has 0 aliphatic rings. The second kappa shape index (κ2) is 9.14. The van der Waals surface area contributed by atoms with Crippen molar-refractivity contribution in [2.75, 3.05) is 6.54 Å². The van der Waals surface area contributed by atoms with Crippen LogP contribution in [0.3, 0.4) is 0 Å². The first-order valence-corrected chi connectivity index (χ1v) is 7.12. The first kappa shape index (κ1) is 19.0. The second-order valence-electron chi connectivity index (χ2n) is 4.95. The lowest BCUT2D eigenvalue weighted by atomic mass is 10.1. The van der Waals surface area contributed by atoms with Crippen LogP contribution < -0.4 is 11.1 Å². The van der Waals surface area contributed by atoms with E-state index in [1.54, 1.807) is 5.32 Å². The van der Waals surface area contributed by atoms with Crippen LogP contribution in [0.4, 0.5) is 13.2 Å². The van der Waals surface area contributed by atoms with Crippen LogP contribution in [0.15, 0.2) is 30.3 Å². The largest absolute Gasteiger partial charge is 0.471 e. The van der Waals surface area contributed by atoms with E-state index in [1.807, 2.05) is 30.3 Å². The fraction of sp³-hybridized carbons (Fsp3) is 0.467. The van der Waals surface area contributed by atoms with Gasteiger partial charge in [-0.25, -0.2) is 0 Å². The highest BCUT2D eigenvalue weighted by Crippen LogP contribution is 2.14. The van der Waals surface area contributed by atoms with Crippen molar-refractivity contribution in [1.82, 2.24) is 5.32 Å². The monoisotopic (exact) mass is 332 g/mol. The third kappa shape index (κ3) is 7.64. The summed E-state index contributed by atoms with van der Waals surface area (Å²) in [5.41, 5.74) is 6.49. The van der Waals surface area contributed by atoms with Gasteiger partial charge in [0.1, 0.15) is 12.6 Å². The zero-order valence-electron chi connectivity index (χ0n) is 12.4. The number of benzene rings is 1. The number of carbonyl (C=O) groups excluding carboxylic acids is 2. The number of hydrogen-bond acceptors (Lipinski definition) is 4. The van der Waals surface area contributed by atoms with E-state index in [4.69, 9.17) is 10.5 Å². The molecule has 1 unspecified atom stereocenters. The zero-order chi connectivity index (χ0) is 17.3. The fourth-order valence-electron chi connectivity index (χ4n) is 1.74. The molecule has 0 heterocycles. The smallest absolute Gasteiger partial charge is 0.460 e. The summed E-state index contributed by atoms with van der Waals surface area (Å²) < 4.78 is 40.8. The van der Waals surface area contributed by atoms with E-state index in [0.717, 1.165) is 5.56 Å². The van der Waals surface area contributed by atoms with Crippen LogP contribution in [-0.2, 0) is 20.9 Å². The Labute approximate surface area is 132 Å². The summed E-state index contributed by atoms with van der Waals surface area (Å²) >= 11 is 0. The molecule has 0 spiro atoms. The number of carbonyl (C=O) groups is 2. The van der Waals surface area contributed by atoms with Crippen LogP contribution in [0.25, 0.3) is 0 Å². The Kier molecular flexibility index (Phi) is 7.53. The average Bonchev–Trinajstić information content (AvgIpc) is 2.51. The van der Waals surface area contributed by atoms with Gasteiger partial charge in [-0.1, -0.05) is 30.3 Å². The lowest BCUT2D eigenvalue weighted by Crippen LogP contribution is -2.37. The summed E-state index contributed by atoms with van der Waals surface area (Å²) in [6, 6.07) is 8.26. The van der Waals surface area contributed by atoms with Crippen LogP contribution in [0.5, 0.6) is 0 Å². The molecule has 1 aromatic rings. The summed E-state index contributed by atoms with van der Waals surface area (Å²) in [5.74, 6) is -2.53. The Morgan fingerprint density at radius 2 is 1.83 bits per heavy atom. The number of unbranched alkanes of at least 4 members (excludes halogenated alkanes) is 1. The molecular weight excluding hydrogens is 313 g/mol. The molecule has 1 atom stereocenters. The number of esters is 1. The first-order chi connectivity index (χ1) is 10.8. The fourth-order valence-corrected chi connectivity index (χ4v) is 1.74. The predicted octanol–water partition coefficient (Wildman–Crippen LogP) is 1.91. The Hall–Kier alpha value is -2.09. The van der Waals surface area contributed by atoms with Crippen LogP contribution in [-0.4, -0.2) is 30.6 Å². The van der Waals surface area contributed by atoms with Crippen molar-refractivity contribution in [3.8, 4) is 0 Å². The Balaban J connectivity index is 2.15. The highest BCUT2D eigenvalue weighted by molar-refractivity contribution is 5.81. The normalized spacial score (nSPS) is 12.5. The molecule has 0 bridgehead atoms. The van der Waals surface area contributed by atoms with Gasteiger partial charge in [0.25, 0.3) is 0 Å². The summed E-state index contributed by atoms with van der Waals surface area (Å²) in [6.45, 7) is -0.000854. The summed E-state index contributed by atoms with van der Waals surface area (Å²) in [7, 11) is 0. The molecule has 8 heteroatoms. The highest BCUT2D eigenvalue weighted by atomic mass is 19.4. The molecule has 23 heavy (non-hydrogen) atoms. The van der Waals surface area contributed by atoms with Gasteiger partial charge in [0.2, 0.25) is 0 Å². The van der Waals surface area contributed by atoms with Crippen molar-refractivity contribution in [3.05, 3.63) is 35.9 Å². The molecule has 0 saturated carbocycles. The molecule has 0 aromatic heterocycles. The maximum Gasteiger partial charge on any atom is 0.471 e. The molecule has 1 rings (SSSR count). The number of alkyl halides is 3. The van der Waals surface area contributed by atoms with Gasteiger partial charge in [0.05, 0.1) is 0 Å². The van der Waals surface area contributed by atoms with E-state index in [2.05, 4.69) is 0 Å². The minimum Gasteiger partial charge on any atom is -0.460 e. The minimum absolute atomic E-state index is 0.120. The predicted molar refractivity (Wildman–Crippen MR) is 77.1 cm³/mol.